The molecular formula is C13H24N2. The van der Waals surface area contributed by atoms with Crippen molar-refractivity contribution in [1.29, 1.82) is 0 Å². The van der Waals surface area contributed by atoms with Gasteiger partial charge in [-0.25, -0.2) is 0 Å². The topological polar surface area (TPSA) is 15.3 Å². The van der Waals surface area contributed by atoms with Gasteiger partial charge in [0.2, 0.25) is 0 Å². The fraction of sp³-hybridized carbons (Fsp3) is 0.846. The summed E-state index contributed by atoms with van der Waals surface area (Å²) in [5, 5.41) is 3.57. The van der Waals surface area contributed by atoms with Gasteiger partial charge in [-0.3, -0.25) is 5.32 Å². The Labute approximate surface area is 94.4 Å². The zero-order valence-electron chi connectivity index (χ0n) is 10.3. The van der Waals surface area contributed by atoms with Gasteiger partial charge in [0.1, 0.15) is 0 Å². The highest BCUT2D eigenvalue weighted by Gasteiger charge is 2.21. The van der Waals surface area contributed by atoms with Crippen molar-refractivity contribution < 1.29 is 0 Å². The van der Waals surface area contributed by atoms with Crippen LogP contribution in [0.2, 0.25) is 0 Å². The molecule has 1 N–H and O–H groups in total. The van der Waals surface area contributed by atoms with Crippen molar-refractivity contribution >= 4 is 0 Å². The Morgan fingerprint density at radius 2 is 2.13 bits per heavy atom. The molecule has 1 saturated heterocycles. The Kier molecular flexibility index (Phi) is 4.63. The average Bonchev–Trinajstić information content (AvgIpc) is 2.43. The van der Waals surface area contributed by atoms with E-state index in [1.54, 1.807) is 0 Å². The number of nitrogens with zero attached hydrogens (tertiary/aromatic N) is 1. The van der Waals surface area contributed by atoms with Gasteiger partial charge in [0.05, 0.1) is 5.54 Å². The van der Waals surface area contributed by atoms with E-state index in [2.05, 4.69) is 36.9 Å². The first kappa shape index (κ1) is 12.5. The molecule has 15 heavy (non-hydrogen) atoms. The Bertz CT molecular complexity index is 227. The van der Waals surface area contributed by atoms with E-state index < -0.39 is 0 Å². The number of likely N-dealkylation sites (tertiary alicyclic amines) is 1. The summed E-state index contributed by atoms with van der Waals surface area (Å²) in [5.74, 6) is 2.81. The van der Waals surface area contributed by atoms with Crippen LogP contribution in [0.15, 0.2) is 0 Å². The minimum atomic E-state index is -0.161. The SMILES string of the molecule is C#CC(C)(C)NC1CCCN(CC)CC1. The van der Waals surface area contributed by atoms with Crippen molar-refractivity contribution in [3.05, 3.63) is 0 Å². The normalized spacial score (nSPS) is 24.5. The molecule has 1 unspecified atom stereocenters. The molecule has 1 aliphatic heterocycles. The molecule has 0 saturated carbocycles. The van der Waals surface area contributed by atoms with Gasteiger partial charge in [0.25, 0.3) is 0 Å². The van der Waals surface area contributed by atoms with Crippen LogP contribution in [0, 0.1) is 12.3 Å². The van der Waals surface area contributed by atoms with Crippen LogP contribution < -0.4 is 5.32 Å². The minimum absolute atomic E-state index is 0.161. The Morgan fingerprint density at radius 1 is 1.40 bits per heavy atom. The predicted molar refractivity (Wildman–Crippen MR) is 65.8 cm³/mol. The van der Waals surface area contributed by atoms with Gasteiger partial charge < -0.3 is 4.90 Å². The fourth-order valence-electron chi connectivity index (χ4n) is 2.17. The first-order valence-corrected chi connectivity index (χ1v) is 6.05. The molecule has 0 amide bonds. The zero-order chi connectivity index (χ0) is 11.3. The zero-order valence-corrected chi connectivity index (χ0v) is 10.3. The largest absolute Gasteiger partial charge is 0.304 e. The average molecular weight is 208 g/mol. The molecule has 1 fully saturated rings. The molecule has 0 bridgehead atoms. The predicted octanol–water partition coefficient (Wildman–Crippen LogP) is 1.86. The quantitative estimate of drug-likeness (QED) is 0.712. The second-order valence-electron chi connectivity index (χ2n) is 4.98. The minimum Gasteiger partial charge on any atom is -0.304 e. The maximum atomic E-state index is 5.49. The van der Waals surface area contributed by atoms with Crippen molar-refractivity contribution in [3.63, 3.8) is 0 Å². The lowest BCUT2D eigenvalue weighted by atomic mass is 10.0. The van der Waals surface area contributed by atoms with Crippen molar-refractivity contribution in [2.45, 2.75) is 51.6 Å². The molecule has 86 valence electrons. The summed E-state index contributed by atoms with van der Waals surface area (Å²) in [5.41, 5.74) is -0.161. The van der Waals surface area contributed by atoms with Gasteiger partial charge in [-0.1, -0.05) is 12.8 Å². The van der Waals surface area contributed by atoms with Crippen molar-refractivity contribution in [1.82, 2.24) is 10.2 Å². The number of nitrogens with one attached hydrogen (secondary N) is 1. The third kappa shape index (κ3) is 4.24. The summed E-state index contributed by atoms with van der Waals surface area (Å²) >= 11 is 0. The third-order valence-electron chi connectivity index (χ3n) is 3.19. The standard InChI is InChI=1S/C13H24N2/c1-5-13(3,4)14-12-8-7-10-15(6-2)11-9-12/h1,12,14H,6-11H2,2-4H3. The van der Waals surface area contributed by atoms with Crippen LogP contribution in [0.5, 0.6) is 0 Å². The first-order valence-electron chi connectivity index (χ1n) is 6.05. The van der Waals surface area contributed by atoms with E-state index in [9.17, 15) is 0 Å². The van der Waals surface area contributed by atoms with E-state index in [0.717, 1.165) is 0 Å². The molecule has 0 aromatic rings. The smallest absolute Gasteiger partial charge is 0.0743 e. The maximum Gasteiger partial charge on any atom is 0.0743 e. The van der Waals surface area contributed by atoms with E-state index in [4.69, 9.17) is 6.42 Å². The van der Waals surface area contributed by atoms with E-state index >= 15 is 0 Å². The summed E-state index contributed by atoms with van der Waals surface area (Å²) in [4.78, 5) is 2.52. The van der Waals surface area contributed by atoms with E-state index in [-0.39, 0.29) is 5.54 Å². The van der Waals surface area contributed by atoms with Crippen molar-refractivity contribution in [2.75, 3.05) is 19.6 Å². The van der Waals surface area contributed by atoms with Gasteiger partial charge >= 0.3 is 0 Å². The lowest BCUT2D eigenvalue weighted by Gasteiger charge is -2.27. The van der Waals surface area contributed by atoms with Crippen LogP contribution >= 0.6 is 0 Å². The number of hydrogen-bond donors (Lipinski definition) is 1. The van der Waals surface area contributed by atoms with E-state index in [1.165, 1.54) is 38.9 Å². The van der Waals surface area contributed by atoms with Gasteiger partial charge in [-0.15, -0.1) is 6.42 Å². The summed E-state index contributed by atoms with van der Waals surface area (Å²) in [7, 11) is 0. The highest BCUT2D eigenvalue weighted by Crippen LogP contribution is 2.13. The highest BCUT2D eigenvalue weighted by atomic mass is 15.1. The molecule has 0 aromatic heterocycles. The third-order valence-corrected chi connectivity index (χ3v) is 3.19. The van der Waals surface area contributed by atoms with Gasteiger partial charge in [-0.05, 0) is 52.7 Å². The summed E-state index contributed by atoms with van der Waals surface area (Å²) in [6, 6.07) is 0.590. The van der Waals surface area contributed by atoms with E-state index in [0.29, 0.717) is 6.04 Å². The number of terminal acetylenes is 1. The Hall–Kier alpha value is -0.520. The molecule has 0 aromatic carbocycles. The van der Waals surface area contributed by atoms with Crippen LogP contribution in [0.4, 0.5) is 0 Å². The van der Waals surface area contributed by atoms with E-state index in [1.807, 2.05) is 0 Å². The van der Waals surface area contributed by atoms with Crippen LogP contribution in [-0.4, -0.2) is 36.1 Å². The second kappa shape index (κ2) is 5.53. The molecule has 0 aliphatic carbocycles. The van der Waals surface area contributed by atoms with Crippen molar-refractivity contribution in [3.8, 4) is 12.3 Å². The molecule has 1 heterocycles. The first-order chi connectivity index (χ1) is 7.07. The number of rotatable bonds is 3. The van der Waals surface area contributed by atoms with Gasteiger partial charge in [0, 0.05) is 6.04 Å². The molecule has 1 rings (SSSR count). The van der Waals surface area contributed by atoms with Gasteiger partial charge in [0.15, 0.2) is 0 Å². The summed E-state index contributed by atoms with van der Waals surface area (Å²) in [6.07, 6.45) is 9.25. The lowest BCUT2D eigenvalue weighted by molar-refractivity contribution is 0.293. The summed E-state index contributed by atoms with van der Waals surface area (Å²) in [6.45, 7) is 10.0. The molecule has 2 heteroatoms. The highest BCUT2D eigenvalue weighted by molar-refractivity contribution is 5.08. The molecule has 0 spiro atoms. The Morgan fingerprint density at radius 3 is 2.73 bits per heavy atom. The lowest BCUT2D eigenvalue weighted by Crippen LogP contribution is -2.45. The van der Waals surface area contributed by atoms with Crippen molar-refractivity contribution in [2.24, 2.45) is 0 Å². The summed E-state index contributed by atoms with van der Waals surface area (Å²) < 4.78 is 0. The molecule has 1 atom stereocenters. The molecule has 0 radical (unpaired) electrons. The molecular weight excluding hydrogens is 184 g/mol. The fourth-order valence-corrected chi connectivity index (χ4v) is 2.17. The molecule has 1 aliphatic rings. The number of hydrogen-bond acceptors (Lipinski definition) is 2. The maximum absolute atomic E-state index is 5.49. The van der Waals surface area contributed by atoms with Crippen LogP contribution in [0.25, 0.3) is 0 Å². The van der Waals surface area contributed by atoms with Gasteiger partial charge in [-0.2, -0.15) is 0 Å². The van der Waals surface area contributed by atoms with Crippen LogP contribution in [0.1, 0.15) is 40.0 Å². The Balaban J connectivity index is 2.42. The second-order valence-corrected chi connectivity index (χ2v) is 4.98. The molecule has 2 nitrogen and oxygen atoms in total. The van der Waals surface area contributed by atoms with Crippen LogP contribution in [-0.2, 0) is 0 Å². The monoisotopic (exact) mass is 208 g/mol. The van der Waals surface area contributed by atoms with Crippen LogP contribution in [0.3, 0.4) is 0 Å².